The second-order valence-electron chi connectivity index (χ2n) is 5.88. The average Bonchev–Trinajstić information content (AvgIpc) is 2.68. The van der Waals surface area contributed by atoms with Crippen LogP contribution in [0.1, 0.15) is 18.5 Å². The first-order valence-electron chi connectivity index (χ1n) is 8.30. The van der Waals surface area contributed by atoms with Gasteiger partial charge in [0.25, 0.3) is 5.91 Å². The number of pyridine rings is 1. The second-order valence-corrected chi connectivity index (χ2v) is 6.28. The summed E-state index contributed by atoms with van der Waals surface area (Å²) in [6, 6.07) is 19.1. The van der Waals surface area contributed by atoms with Gasteiger partial charge >= 0.3 is 0 Å². The monoisotopic (exact) mass is 366 g/mol. The molecule has 0 bridgehead atoms. The highest BCUT2D eigenvalue weighted by Gasteiger charge is 2.11. The van der Waals surface area contributed by atoms with Gasteiger partial charge in [0.2, 0.25) is 0 Å². The highest BCUT2D eigenvalue weighted by Crippen LogP contribution is 2.30. The van der Waals surface area contributed by atoms with E-state index in [-0.39, 0.29) is 18.6 Å². The summed E-state index contributed by atoms with van der Waals surface area (Å²) >= 11 is 6.30. The molecule has 0 spiro atoms. The highest BCUT2D eigenvalue weighted by molar-refractivity contribution is 6.32. The summed E-state index contributed by atoms with van der Waals surface area (Å²) in [4.78, 5) is 16.2. The van der Waals surface area contributed by atoms with Crippen molar-refractivity contribution in [2.24, 2.45) is 0 Å². The third-order valence-electron chi connectivity index (χ3n) is 3.96. The fraction of sp³-hybridized carbons (Fsp3) is 0.143. The number of carbonyl (C=O) groups excluding carboxylic acids is 1. The van der Waals surface area contributed by atoms with Crippen molar-refractivity contribution < 1.29 is 9.53 Å². The smallest absolute Gasteiger partial charge is 0.258 e. The number of hydrogen-bond acceptors (Lipinski definition) is 3. The molecule has 1 aromatic heterocycles. The summed E-state index contributed by atoms with van der Waals surface area (Å²) in [6.45, 7) is 1.80. The van der Waals surface area contributed by atoms with Crippen molar-refractivity contribution in [1.29, 1.82) is 0 Å². The Hall–Kier alpha value is -2.85. The van der Waals surface area contributed by atoms with Gasteiger partial charge < -0.3 is 10.1 Å². The van der Waals surface area contributed by atoms with E-state index < -0.39 is 0 Å². The molecule has 1 amide bonds. The molecule has 0 fully saturated rings. The third-order valence-corrected chi connectivity index (χ3v) is 4.26. The summed E-state index contributed by atoms with van der Waals surface area (Å²) in [5.41, 5.74) is 3.01. The lowest BCUT2D eigenvalue weighted by molar-refractivity contribution is -0.123. The number of amides is 1. The first kappa shape index (κ1) is 18.0. The normalized spacial score (nSPS) is 11.6. The quantitative estimate of drug-likeness (QED) is 0.690. The van der Waals surface area contributed by atoms with Crippen molar-refractivity contribution in [3.63, 3.8) is 0 Å². The van der Waals surface area contributed by atoms with Gasteiger partial charge in [0.1, 0.15) is 5.75 Å². The van der Waals surface area contributed by atoms with Crippen LogP contribution in [0.2, 0.25) is 5.02 Å². The average molecular weight is 367 g/mol. The number of halogens is 1. The molecule has 0 saturated carbocycles. The van der Waals surface area contributed by atoms with E-state index in [1.54, 1.807) is 18.5 Å². The van der Waals surface area contributed by atoms with Gasteiger partial charge in [-0.05, 0) is 41.8 Å². The molecule has 2 aromatic carbocycles. The Morgan fingerprint density at radius 2 is 1.92 bits per heavy atom. The molecule has 4 nitrogen and oxygen atoms in total. The number of ether oxygens (including phenoxy) is 1. The summed E-state index contributed by atoms with van der Waals surface area (Å²) < 4.78 is 5.57. The van der Waals surface area contributed by atoms with E-state index in [1.807, 2.05) is 61.5 Å². The van der Waals surface area contributed by atoms with E-state index >= 15 is 0 Å². The Bertz CT molecular complexity index is 870. The maximum absolute atomic E-state index is 12.1. The molecule has 3 aromatic rings. The molecule has 5 heteroatoms. The van der Waals surface area contributed by atoms with Crippen LogP contribution in [0.3, 0.4) is 0 Å². The number of nitrogens with zero attached hydrogens (tertiary/aromatic N) is 1. The number of hydrogen-bond donors (Lipinski definition) is 1. The van der Waals surface area contributed by atoms with Gasteiger partial charge in [-0.3, -0.25) is 9.78 Å². The summed E-state index contributed by atoms with van der Waals surface area (Å²) in [6.07, 6.45) is 3.42. The lowest BCUT2D eigenvalue weighted by atomic mass is 10.1. The molecule has 1 heterocycles. The molecule has 1 atom stereocenters. The fourth-order valence-corrected chi connectivity index (χ4v) is 2.81. The molecular weight excluding hydrogens is 348 g/mol. The van der Waals surface area contributed by atoms with Crippen LogP contribution in [0.25, 0.3) is 11.1 Å². The number of rotatable bonds is 6. The van der Waals surface area contributed by atoms with E-state index in [9.17, 15) is 4.79 Å². The van der Waals surface area contributed by atoms with Gasteiger partial charge in [-0.15, -0.1) is 0 Å². The Kier molecular flexibility index (Phi) is 5.87. The van der Waals surface area contributed by atoms with Crippen LogP contribution in [0, 0.1) is 0 Å². The molecule has 0 aliphatic carbocycles. The SMILES string of the molecule is C[C@H](NC(=O)COc1ccc(-c2ccccc2)cc1Cl)c1cccnc1. The van der Waals surface area contributed by atoms with E-state index in [2.05, 4.69) is 10.3 Å². The topological polar surface area (TPSA) is 51.2 Å². The van der Waals surface area contributed by atoms with Crippen LogP contribution < -0.4 is 10.1 Å². The number of aromatic nitrogens is 1. The predicted octanol–water partition coefficient (Wildman–Crippen LogP) is 4.66. The van der Waals surface area contributed by atoms with Gasteiger partial charge in [-0.25, -0.2) is 0 Å². The summed E-state index contributed by atoms with van der Waals surface area (Å²) in [7, 11) is 0. The Balaban J connectivity index is 1.58. The molecule has 0 unspecified atom stereocenters. The van der Waals surface area contributed by atoms with Crippen LogP contribution in [0.4, 0.5) is 0 Å². The minimum Gasteiger partial charge on any atom is -0.482 e. The molecule has 0 aliphatic rings. The largest absolute Gasteiger partial charge is 0.482 e. The van der Waals surface area contributed by atoms with Gasteiger partial charge in [0, 0.05) is 12.4 Å². The Morgan fingerprint density at radius 1 is 1.12 bits per heavy atom. The van der Waals surface area contributed by atoms with Crippen molar-refractivity contribution in [1.82, 2.24) is 10.3 Å². The maximum atomic E-state index is 12.1. The predicted molar refractivity (Wildman–Crippen MR) is 103 cm³/mol. The third kappa shape index (κ3) is 4.61. The van der Waals surface area contributed by atoms with Crippen molar-refractivity contribution in [3.05, 3.63) is 83.6 Å². The molecule has 0 radical (unpaired) electrons. The van der Waals surface area contributed by atoms with Gasteiger partial charge in [-0.2, -0.15) is 0 Å². The number of carbonyl (C=O) groups is 1. The first-order chi connectivity index (χ1) is 12.6. The van der Waals surface area contributed by atoms with Crippen LogP contribution in [-0.2, 0) is 4.79 Å². The molecule has 132 valence electrons. The van der Waals surface area contributed by atoms with Crippen LogP contribution in [0.15, 0.2) is 73.1 Å². The summed E-state index contributed by atoms with van der Waals surface area (Å²) in [5.74, 6) is 0.264. The number of benzene rings is 2. The van der Waals surface area contributed by atoms with E-state index in [0.29, 0.717) is 10.8 Å². The van der Waals surface area contributed by atoms with E-state index in [4.69, 9.17) is 16.3 Å². The molecule has 3 rings (SSSR count). The highest BCUT2D eigenvalue weighted by atomic mass is 35.5. The lowest BCUT2D eigenvalue weighted by Gasteiger charge is -2.15. The zero-order chi connectivity index (χ0) is 18.4. The zero-order valence-corrected chi connectivity index (χ0v) is 15.1. The molecule has 1 N–H and O–H groups in total. The van der Waals surface area contributed by atoms with E-state index in [1.165, 1.54) is 0 Å². The zero-order valence-electron chi connectivity index (χ0n) is 14.4. The fourth-order valence-electron chi connectivity index (χ4n) is 2.57. The van der Waals surface area contributed by atoms with Crippen molar-refractivity contribution in [3.8, 4) is 16.9 Å². The Morgan fingerprint density at radius 3 is 2.62 bits per heavy atom. The van der Waals surface area contributed by atoms with Crippen molar-refractivity contribution in [2.45, 2.75) is 13.0 Å². The summed E-state index contributed by atoms with van der Waals surface area (Å²) in [5, 5.41) is 3.35. The van der Waals surface area contributed by atoms with Crippen LogP contribution in [0.5, 0.6) is 5.75 Å². The van der Waals surface area contributed by atoms with Crippen LogP contribution >= 0.6 is 11.6 Å². The van der Waals surface area contributed by atoms with Gasteiger partial charge in [-0.1, -0.05) is 54.1 Å². The second kappa shape index (κ2) is 8.50. The standard InChI is InChI=1S/C21H19ClN2O2/c1-15(18-8-5-11-23-13-18)24-21(25)14-26-20-10-9-17(12-19(20)22)16-6-3-2-4-7-16/h2-13,15H,14H2,1H3,(H,24,25)/t15-/m0/s1. The maximum Gasteiger partial charge on any atom is 0.258 e. The number of nitrogens with one attached hydrogen (secondary N) is 1. The Labute approximate surface area is 157 Å². The van der Waals surface area contributed by atoms with Gasteiger partial charge in [0.05, 0.1) is 11.1 Å². The first-order valence-corrected chi connectivity index (χ1v) is 8.68. The van der Waals surface area contributed by atoms with Gasteiger partial charge in [0.15, 0.2) is 6.61 Å². The van der Waals surface area contributed by atoms with Crippen molar-refractivity contribution >= 4 is 17.5 Å². The van der Waals surface area contributed by atoms with E-state index in [0.717, 1.165) is 16.7 Å². The molecule has 0 saturated heterocycles. The van der Waals surface area contributed by atoms with Crippen LogP contribution in [-0.4, -0.2) is 17.5 Å². The lowest BCUT2D eigenvalue weighted by Crippen LogP contribution is -2.31. The molecule has 26 heavy (non-hydrogen) atoms. The minimum atomic E-state index is -0.218. The molecule has 0 aliphatic heterocycles. The minimum absolute atomic E-state index is 0.102. The molecular formula is C21H19ClN2O2. The van der Waals surface area contributed by atoms with Crippen molar-refractivity contribution in [2.75, 3.05) is 6.61 Å².